The van der Waals surface area contributed by atoms with Crippen LogP contribution in [0.15, 0.2) is 4.52 Å². The van der Waals surface area contributed by atoms with Crippen LogP contribution in [0.5, 0.6) is 0 Å². The number of carbonyl (C=O) groups excluding carboxylic acids is 1. The molecule has 0 aromatic carbocycles. The summed E-state index contributed by atoms with van der Waals surface area (Å²) >= 11 is 0. The largest absolute Gasteiger partial charge is 0.344 e. The monoisotopic (exact) mass is 292 g/mol. The molecule has 0 bridgehead atoms. The molecule has 2 aliphatic carbocycles. The minimum atomic E-state index is -0.446. The van der Waals surface area contributed by atoms with Crippen LogP contribution in [0.1, 0.15) is 76.0 Å². The number of hydrogen-bond donors (Lipinski definition) is 2. The van der Waals surface area contributed by atoms with E-state index in [4.69, 9.17) is 10.3 Å². The fourth-order valence-electron chi connectivity index (χ4n) is 3.68. The van der Waals surface area contributed by atoms with Gasteiger partial charge in [0.1, 0.15) is 6.04 Å². The Morgan fingerprint density at radius 2 is 2.00 bits per heavy atom. The van der Waals surface area contributed by atoms with Crippen molar-refractivity contribution in [3.63, 3.8) is 0 Å². The summed E-state index contributed by atoms with van der Waals surface area (Å²) < 4.78 is 5.46. The van der Waals surface area contributed by atoms with Gasteiger partial charge in [0, 0.05) is 6.92 Å². The van der Waals surface area contributed by atoms with Gasteiger partial charge in [0.25, 0.3) is 0 Å². The maximum atomic E-state index is 11.5. The molecule has 2 aliphatic rings. The molecule has 2 saturated carbocycles. The van der Waals surface area contributed by atoms with E-state index in [0.717, 1.165) is 38.5 Å². The van der Waals surface area contributed by atoms with E-state index in [0.29, 0.717) is 17.6 Å². The number of hydrogen-bond acceptors (Lipinski definition) is 5. The fourth-order valence-corrected chi connectivity index (χ4v) is 3.68. The van der Waals surface area contributed by atoms with Gasteiger partial charge in [0.05, 0.1) is 5.54 Å². The van der Waals surface area contributed by atoms with E-state index in [1.165, 1.54) is 19.8 Å². The first-order valence-corrected chi connectivity index (χ1v) is 7.98. The summed E-state index contributed by atoms with van der Waals surface area (Å²) in [5.41, 5.74) is 5.93. The lowest BCUT2D eigenvalue weighted by Crippen LogP contribution is -2.35. The van der Waals surface area contributed by atoms with Crippen LogP contribution < -0.4 is 11.1 Å². The van der Waals surface area contributed by atoms with Crippen molar-refractivity contribution < 1.29 is 9.32 Å². The Morgan fingerprint density at radius 1 is 1.33 bits per heavy atom. The zero-order chi connectivity index (χ0) is 14.9. The molecule has 1 amide bonds. The Balaban J connectivity index is 1.82. The van der Waals surface area contributed by atoms with Gasteiger partial charge in [-0.1, -0.05) is 30.8 Å². The van der Waals surface area contributed by atoms with Crippen LogP contribution in [0.2, 0.25) is 0 Å². The SMILES string of the molecule is CC(=O)NC(c1nc(C2(N)CCCC2)no1)C1CCCC1. The quantitative estimate of drug-likeness (QED) is 0.887. The van der Waals surface area contributed by atoms with Gasteiger partial charge in [0.15, 0.2) is 5.82 Å². The van der Waals surface area contributed by atoms with E-state index in [2.05, 4.69) is 15.5 Å². The molecule has 3 rings (SSSR count). The molecule has 0 saturated heterocycles. The fraction of sp³-hybridized carbons (Fsp3) is 0.800. The highest BCUT2D eigenvalue weighted by molar-refractivity contribution is 5.73. The van der Waals surface area contributed by atoms with Crippen LogP contribution in [0.3, 0.4) is 0 Å². The number of nitrogens with one attached hydrogen (secondary N) is 1. The van der Waals surface area contributed by atoms with E-state index in [-0.39, 0.29) is 11.9 Å². The number of carbonyl (C=O) groups is 1. The van der Waals surface area contributed by atoms with Gasteiger partial charge in [-0.3, -0.25) is 4.79 Å². The summed E-state index contributed by atoms with van der Waals surface area (Å²) in [5, 5.41) is 7.09. The van der Waals surface area contributed by atoms with E-state index >= 15 is 0 Å². The maximum absolute atomic E-state index is 11.5. The van der Waals surface area contributed by atoms with Crippen molar-refractivity contribution in [1.29, 1.82) is 0 Å². The number of amides is 1. The van der Waals surface area contributed by atoms with Crippen molar-refractivity contribution in [1.82, 2.24) is 15.5 Å². The summed E-state index contributed by atoms with van der Waals surface area (Å²) in [7, 11) is 0. The molecule has 1 atom stereocenters. The second-order valence-electron chi connectivity index (χ2n) is 6.54. The van der Waals surface area contributed by atoms with Crippen molar-refractivity contribution in [2.24, 2.45) is 11.7 Å². The molecule has 1 aromatic heterocycles. The molecule has 21 heavy (non-hydrogen) atoms. The van der Waals surface area contributed by atoms with Gasteiger partial charge in [0.2, 0.25) is 11.8 Å². The predicted octanol–water partition coefficient (Wildman–Crippen LogP) is 2.17. The smallest absolute Gasteiger partial charge is 0.249 e. The molecule has 0 aliphatic heterocycles. The zero-order valence-corrected chi connectivity index (χ0v) is 12.6. The Labute approximate surface area is 124 Å². The minimum Gasteiger partial charge on any atom is -0.344 e. The van der Waals surface area contributed by atoms with Crippen LogP contribution in [-0.2, 0) is 10.3 Å². The lowest BCUT2D eigenvalue weighted by atomic mass is 9.97. The third-order valence-corrected chi connectivity index (χ3v) is 4.88. The highest BCUT2D eigenvalue weighted by Gasteiger charge is 2.38. The first kappa shape index (κ1) is 14.5. The lowest BCUT2D eigenvalue weighted by molar-refractivity contribution is -0.120. The molecule has 2 fully saturated rings. The molecule has 6 heteroatoms. The summed E-state index contributed by atoms with van der Waals surface area (Å²) in [6, 6.07) is -0.170. The average molecular weight is 292 g/mol. The molecule has 6 nitrogen and oxygen atoms in total. The van der Waals surface area contributed by atoms with Gasteiger partial charge < -0.3 is 15.6 Å². The molecule has 116 valence electrons. The standard InChI is InChI=1S/C15H24N4O2/c1-10(20)17-12(11-6-2-3-7-11)13-18-14(19-21-13)15(16)8-4-5-9-15/h11-12H,2-9,16H2,1H3,(H,17,20). The van der Waals surface area contributed by atoms with Crippen LogP contribution in [0.4, 0.5) is 0 Å². The number of nitrogens with two attached hydrogens (primary N) is 1. The summed E-state index contributed by atoms with van der Waals surface area (Å²) in [4.78, 5) is 16.0. The van der Waals surface area contributed by atoms with Gasteiger partial charge in [-0.2, -0.15) is 4.98 Å². The Bertz CT molecular complexity index is 502. The first-order chi connectivity index (χ1) is 10.1. The van der Waals surface area contributed by atoms with E-state index in [9.17, 15) is 4.79 Å². The second-order valence-corrected chi connectivity index (χ2v) is 6.54. The van der Waals surface area contributed by atoms with Crippen molar-refractivity contribution in [2.45, 2.75) is 69.9 Å². The molecule has 1 heterocycles. The van der Waals surface area contributed by atoms with Crippen LogP contribution in [0.25, 0.3) is 0 Å². The van der Waals surface area contributed by atoms with Gasteiger partial charge in [-0.15, -0.1) is 0 Å². The van der Waals surface area contributed by atoms with Gasteiger partial charge in [-0.25, -0.2) is 0 Å². The highest BCUT2D eigenvalue weighted by Crippen LogP contribution is 2.38. The normalized spacial score (nSPS) is 23.3. The van der Waals surface area contributed by atoms with E-state index in [1.807, 2.05) is 0 Å². The number of rotatable bonds is 4. The predicted molar refractivity (Wildman–Crippen MR) is 77.1 cm³/mol. The molecule has 0 radical (unpaired) electrons. The number of aromatic nitrogens is 2. The van der Waals surface area contributed by atoms with Crippen molar-refractivity contribution >= 4 is 5.91 Å². The Kier molecular flexibility index (Phi) is 3.97. The van der Waals surface area contributed by atoms with Crippen molar-refractivity contribution in [2.75, 3.05) is 0 Å². The van der Waals surface area contributed by atoms with Crippen LogP contribution in [-0.4, -0.2) is 16.0 Å². The molecule has 3 N–H and O–H groups in total. The summed E-state index contributed by atoms with van der Waals surface area (Å²) in [6.45, 7) is 1.53. The minimum absolute atomic E-state index is 0.0602. The number of nitrogens with zero attached hydrogens (tertiary/aromatic N) is 2. The Morgan fingerprint density at radius 3 is 2.62 bits per heavy atom. The summed E-state index contributed by atoms with van der Waals surface area (Å²) in [5.74, 6) is 1.45. The van der Waals surface area contributed by atoms with E-state index in [1.54, 1.807) is 0 Å². The molecule has 1 unspecified atom stereocenters. The zero-order valence-electron chi connectivity index (χ0n) is 12.6. The molecule has 0 spiro atoms. The molecular weight excluding hydrogens is 268 g/mol. The third-order valence-electron chi connectivity index (χ3n) is 4.88. The Hall–Kier alpha value is -1.43. The van der Waals surface area contributed by atoms with Crippen molar-refractivity contribution in [3.05, 3.63) is 11.7 Å². The van der Waals surface area contributed by atoms with E-state index < -0.39 is 5.54 Å². The van der Waals surface area contributed by atoms with Gasteiger partial charge in [-0.05, 0) is 31.6 Å². The third kappa shape index (κ3) is 2.95. The average Bonchev–Trinajstić information content (AvgIpc) is 3.17. The van der Waals surface area contributed by atoms with Crippen LogP contribution >= 0.6 is 0 Å². The maximum Gasteiger partial charge on any atom is 0.249 e. The topological polar surface area (TPSA) is 94.0 Å². The van der Waals surface area contributed by atoms with Gasteiger partial charge >= 0.3 is 0 Å². The second kappa shape index (κ2) is 5.75. The summed E-state index contributed by atoms with van der Waals surface area (Å²) in [6.07, 6.45) is 8.61. The van der Waals surface area contributed by atoms with Crippen LogP contribution in [0, 0.1) is 5.92 Å². The molecule has 1 aromatic rings. The highest BCUT2D eigenvalue weighted by atomic mass is 16.5. The first-order valence-electron chi connectivity index (χ1n) is 7.98. The lowest BCUT2D eigenvalue weighted by Gasteiger charge is -2.21. The molecular formula is C15H24N4O2. The van der Waals surface area contributed by atoms with Crippen molar-refractivity contribution in [3.8, 4) is 0 Å².